The Morgan fingerprint density at radius 1 is 0.719 bits per heavy atom. The van der Waals surface area contributed by atoms with Crippen LogP contribution >= 0.6 is 0 Å². The molecule has 0 aliphatic carbocycles. The van der Waals surface area contributed by atoms with E-state index in [1.54, 1.807) is 12.1 Å². The van der Waals surface area contributed by atoms with Gasteiger partial charge in [0, 0.05) is 12.8 Å². The molecule has 10 nitrogen and oxygen atoms in total. The number of hydrogen-bond acceptors (Lipinski definition) is 8. The molecule has 2 rings (SSSR count). The van der Waals surface area contributed by atoms with Crippen LogP contribution < -0.4 is 21.7 Å². The molecule has 0 unspecified atom stereocenters. The van der Waals surface area contributed by atoms with Gasteiger partial charge in [-0.25, -0.2) is 0 Å². The van der Waals surface area contributed by atoms with Gasteiger partial charge >= 0.3 is 0 Å². The number of carbonyl (C=O) groups is 2. The largest absolute Gasteiger partial charge is 0.547 e. The fourth-order valence-electron chi connectivity index (χ4n) is 2.33. The van der Waals surface area contributed by atoms with Crippen molar-refractivity contribution >= 4 is 11.9 Å². The Kier molecular flexibility index (Phi) is 14.9. The molecule has 0 aliphatic heterocycles. The molecule has 0 aliphatic rings. The van der Waals surface area contributed by atoms with Crippen LogP contribution in [-0.2, 0) is 22.4 Å². The Hall–Kier alpha value is -3.18. The second-order valence-corrected chi connectivity index (χ2v) is 6.70. The number of phenolic OH excluding ortho intramolecular Hbond substituents is 2. The van der Waals surface area contributed by atoms with Crippen LogP contribution in [0.1, 0.15) is 24.0 Å². The van der Waals surface area contributed by atoms with Gasteiger partial charge in [0.2, 0.25) is 0 Å². The molecule has 2 atom stereocenters. The van der Waals surface area contributed by atoms with Gasteiger partial charge < -0.3 is 51.7 Å². The van der Waals surface area contributed by atoms with Gasteiger partial charge in [-0.3, -0.25) is 0 Å². The van der Waals surface area contributed by atoms with Crippen LogP contribution in [0, 0.1) is 0 Å². The number of aliphatic hydroxyl groups excluding tert-OH is 2. The number of carboxylic acid groups (broad SMARTS) is 2. The number of quaternary nitrogens is 2. The van der Waals surface area contributed by atoms with Gasteiger partial charge in [0.05, 0.1) is 25.0 Å². The van der Waals surface area contributed by atoms with Crippen molar-refractivity contribution in [2.24, 2.45) is 0 Å². The number of carbonyl (C=O) groups excluding carboxylic acids is 2. The van der Waals surface area contributed by atoms with E-state index < -0.39 is 24.1 Å². The number of phenols is 2. The van der Waals surface area contributed by atoms with Gasteiger partial charge in [0.1, 0.15) is 23.7 Å². The summed E-state index contributed by atoms with van der Waals surface area (Å²) < 4.78 is 0. The van der Waals surface area contributed by atoms with Gasteiger partial charge in [0.15, 0.2) is 0 Å². The number of aliphatic carboxylic acids is 2. The summed E-state index contributed by atoms with van der Waals surface area (Å²) in [5.41, 5.74) is 9.55. The van der Waals surface area contributed by atoms with Crippen LogP contribution in [-0.4, -0.2) is 57.7 Å². The van der Waals surface area contributed by atoms with E-state index in [1.807, 2.05) is 36.4 Å². The summed E-state index contributed by atoms with van der Waals surface area (Å²) in [5.74, 6) is -3.31. The Labute approximate surface area is 186 Å². The van der Waals surface area contributed by atoms with Crippen molar-refractivity contribution in [1.82, 2.24) is 0 Å². The van der Waals surface area contributed by atoms with E-state index in [0.29, 0.717) is 11.5 Å². The van der Waals surface area contributed by atoms with E-state index in [4.69, 9.17) is 10.2 Å². The molecule has 0 radical (unpaired) electrons. The molecule has 0 fully saturated rings. The number of carboxylic acids is 2. The van der Waals surface area contributed by atoms with Gasteiger partial charge in [-0.2, -0.15) is 0 Å². The molecule has 32 heavy (non-hydrogen) atoms. The van der Waals surface area contributed by atoms with Gasteiger partial charge in [-0.15, -0.1) is 0 Å². The van der Waals surface area contributed by atoms with Crippen LogP contribution in [0.2, 0.25) is 0 Å². The molecule has 0 bridgehead atoms. The van der Waals surface area contributed by atoms with Crippen molar-refractivity contribution in [3.8, 4) is 11.5 Å². The topological polar surface area (TPSA) is 216 Å². The number of aliphatic hydroxyl groups is 2. The van der Waals surface area contributed by atoms with Crippen molar-refractivity contribution in [3.05, 3.63) is 59.7 Å². The number of aryl methyl sites for hydroxylation is 2. The molecule has 2 aromatic rings. The summed E-state index contributed by atoms with van der Waals surface area (Å²) >= 11 is 0. The van der Waals surface area contributed by atoms with E-state index in [9.17, 15) is 30.0 Å². The fraction of sp³-hybridized carbons (Fsp3) is 0.364. The molecule has 0 aromatic heterocycles. The maximum atomic E-state index is 9.63. The van der Waals surface area contributed by atoms with Gasteiger partial charge in [0.25, 0.3) is 0 Å². The average Bonchev–Trinajstić information content (AvgIpc) is 2.77. The SMILES string of the molecule is O=C([O-])[C@H](O)[C@@H](O)C(=O)[O-].[NH3+]CCCc1ccccc1O.[NH3+]CCCc1ccccc1O. The molecular weight excluding hydrogens is 420 g/mol. The summed E-state index contributed by atoms with van der Waals surface area (Å²) in [6, 6.07) is 14.9. The number of hydrogen-bond donors (Lipinski definition) is 6. The number of aromatic hydroxyl groups is 2. The lowest BCUT2D eigenvalue weighted by Crippen LogP contribution is -2.51. The van der Waals surface area contributed by atoms with Crippen molar-refractivity contribution in [2.45, 2.75) is 37.9 Å². The summed E-state index contributed by atoms with van der Waals surface area (Å²) in [7, 11) is 0. The predicted octanol–water partition coefficient (Wildman–Crippen LogP) is -3.66. The van der Waals surface area contributed by atoms with Crippen LogP contribution in [0.15, 0.2) is 48.5 Å². The highest BCUT2D eigenvalue weighted by atomic mass is 16.4. The monoisotopic (exact) mass is 452 g/mol. The molecule has 10 heteroatoms. The smallest absolute Gasteiger partial charge is 0.124 e. The zero-order valence-corrected chi connectivity index (χ0v) is 17.9. The maximum Gasteiger partial charge on any atom is 0.124 e. The van der Waals surface area contributed by atoms with Crippen LogP contribution in [0.3, 0.4) is 0 Å². The summed E-state index contributed by atoms with van der Waals surface area (Å²) in [6.45, 7) is 1.85. The van der Waals surface area contributed by atoms with E-state index in [2.05, 4.69) is 11.5 Å². The fourth-order valence-corrected chi connectivity index (χ4v) is 2.33. The molecule has 0 spiro atoms. The van der Waals surface area contributed by atoms with Crippen molar-refractivity contribution in [3.63, 3.8) is 0 Å². The zero-order chi connectivity index (χ0) is 24.5. The van der Waals surface area contributed by atoms with E-state index in [0.717, 1.165) is 49.9 Å². The molecular formula is C22H32N2O8. The van der Waals surface area contributed by atoms with Crippen LogP contribution in [0.5, 0.6) is 11.5 Å². The zero-order valence-electron chi connectivity index (χ0n) is 17.9. The van der Waals surface area contributed by atoms with E-state index in [-0.39, 0.29) is 0 Å². The molecule has 2 aromatic carbocycles. The van der Waals surface area contributed by atoms with Gasteiger partial charge in [-0.05, 0) is 36.1 Å². The Morgan fingerprint density at radius 3 is 1.28 bits per heavy atom. The molecule has 0 saturated carbocycles. The number of benzene rings is 2. The summed E-state index contributed by atoms with van der Waals surface area (Å²) in [4.78, 5) is 19.3. The van der Waals surface area contributed by atoms with Gasteiger partial charge in [-0.1, -0.05) is 36.4 Å². The summed E-state index contributed by atoms with van der Waals surface area (Å²) in [6.07, 6.45) is -0.948. The molecule has 10 N–H and O–H groups in total. The van der Waals surface area contributed by atoms with Crippen LogP contribution in [0.25, 0.3) is 0 Å². The normalized spacial score (nSPS) is 11.8. The minimum atomic E-state index is -2.44. The Morgan fingerprint density at radius 2 is 1.03 bits per heavy atom. The predicted molar refractivity (Wildman–Crippen MR) is 110 cm³/mol. The van der Waals surface area contributed by atoms with E-state index >= 15 is 0 Å². The first-order valence-electron chi connectivity index (χ1n) is 10.1. The molecule has 0 heterocycles. The summed E-state index contributed by atoms with van der Waals surface area (Å²) in [5, 5.41) is 54.4. The lowest BCUT2D eigenvalue weighted by Gasteiger charge is -2.18. The maximum absolute atomic E-state index is 9.63. The third-order valence-corrected chi connectivity index (χ3v) is 4.16. The standard InChI is InChI=1S/2C9H13NO.C4H6O6/c2*10-7-3-5-8-4-1-2-6-9(8)11;5-1(3(7)8)2(6)4(9)10/h2*1-2,4,6,11H,3,5,7,10H2;1-2,5-6H,(H,7,8)(H,9,10)/t;;1-,2-/m..1/s1. The molecule has 0 saturated heterocycles. The first-order valence-corrected chi connectivity index (χ1v) is 10.1. The first-order chi connectivity index (χ1) is 15.1. The van der Waals surface area contributed by atoms with Crippen molar-refractivity contribution in [2.75, 3.05) is 13.1 Å². The highest BCUT2D eigenvalue weighted by Crippen LogP contribution is 2.17. The lowest BCUT2D eigenvalue weighted by atomic mass is 10.1. The number of rotatable bonds is 9. The number of para-hydroxylation sites is 2. The minimum Gasteiger partial charge on any atom is -0.547 e. The average molecular weight is 453 g/mol. The highest BCUT2D eigenvalue weighted by Gasteiger charge is 2.17. The first kappa shape index (κ1) is 28.8. The lowest BCUT2D eigenvalue weighted by molar-refractivity contribution is -0.368. The van der Waals surface area contributed by atoms with Crippen LogP contribution in [0.4, 0.5) is 0 Å². The van der Waals surface area contributed by atoms with Crippen molar-refractivity contribution in [1.29, 1.82) is 0 Å². The minimum absolute atomic E-state index is 0.404. The second-order valence-electron chi connectivity index (χ2n) is 6.70. The Balaban J connectivity index is 0.000000452. The molecule has 0 amide bonds. The molecule has 178 valence electrons. The van der Waals surface area contributed by atoms with E-state index in [1.165, 1.54) is 0 Å². The third kappa shape index (κ3) is 11.9. The Bertz CT molecular complexity index is 749. The van der Waals surface area contributed by atoms with Crippen molar-refractivity contribution < 1.29 is 51.7 Å². The quantitative estimate of drug-likeness (QED) is 0.222. The third-order valence-electron chi connectivity index (χ3n) is 4.16. The second kappa shape index (κ2) is 16.5. The highest BCUT2D eigenvalue weighted by molar-refractivity contribution is 5.80.